The van der Waals surface area contributed by atoms with Gasteiger partial charge in [0.25, 0.3) is 0 Å². The summed E-state index contributed by atoms with van der Waals surface area (Å²) < 4.78 is 1.00. The lowest BCUT2D eigenvalue weighted by Gasteiger charge is -2.28. The number of hydrogen-bond acceptors (Lipinski definition) is 4. The summed E-state index contributed by atoms with van der Waals surface area (Å²) in [6, 6.07) is 7.82. The van der Waals surface area contributed by atoms with Gasteiger partial charge in [-0.3, -0.25) is 4.79 Å². The molecule has 1 aromatic carbocycles. The van der Waals surface area contributed by atoms with Crippen LogP contribution in [0.3, 0.4) is 0 Å². The number of carbonyl (C=O) groups excluding carboxylic acids is 1. The van der Waals surface area contributed by atoms with Crippen LogP contribution in [0, 0.1) is 0 Å². The standard InChI is InChI=1S/C15H20N2OS2/c1-15(2,19-3)13(16)14(18)17-9-10-4-5-12-11(8-10)6-7-20-12/h4-8,13H,9,16H2,1-3H3,(H,17,18)/t13-/m1/s1. The quantitative estimate of drug-likeness (QED) is 0.893. The molecule has 0 saturated carbocycles. The van der Waals surface area contributed by atoms with Crippen LogP contribution in [0.15, 0.2) is 29.6 Å². The number of thioether (sulfide) groups is 1. The molecule has 0 saturated heterocycles. The predicted molar refractivity (Wildman–Crippen MR) is 89.2 cm³/mol. The number of rotatable bonds is 5. The van der Waals surface area contributed by atoms with E-state index in [-0.39, 0.29) is 10.7 Å². The van der Waals surface area contributed by atoms with E-state index in [9.17, 15) is 4.79 Å². The van der Waals surface area contributed by atoms with Crippen LogP contribution in [0.25, 0.3) is 10.1 Å². The van der Waals surface area contributed by atoms with Gasteiger partial charge in [0.15, 0.2) is 0 Å². The highest BCUT2D eigenvalue weighted by molar-refractivity contribution is 8.00. The van der Waals surface area contributed by atoms with Crippen molar-refractivity contribution in [3.8, 4) is 0 Å². The summed E-state index contributed by atoms with van der Waals surface area (Å²) in [6.07, 6.45) is 1.97. The molecule has 3 N–H and O–H groups in total. The lowest BCUT2D eigenvalue weighted by molar-refractivity contribution is -0.123. The van der Waals surface area contributed by atoms with Gasteiger partial charge in [-0.1, -0.05) is 6.07 Å². The third-order valence-corrected chi connectivity index (χ3v) is 5.75. The second-order valence-corrected chi connectivity index (χ2v) is 7.70. The molecule has 2 aromatic rings. The van der Waals surface area contributed by atoms with Gasteiger partial charge in [-0.25, -0.2) is 0 Å². The lowest BCUT2D eigenvalue weighted by atomic mass is 10.0. The third kappa shape index (κ3) is 3.34. The Kier molecular flexibility index (Phi) is 4.73. The molecule has 1 aromatic heterocycles. The van der Waals surface area contributed by atoms with Gasteiger partial charge in [-0.05, 0) is 54.6 Å². The van der Waals surface area contributed by atoms with Gasteiger partial charge in [0.05, 0.1) is 6.04 Å². The van der Waals surface area contributed by atoms with Gasteiger partial charge < -0.3 is 11.1 Å². The Labute approximate surface area is 127 Å². The fourth-order valence-electron chi connectivity index (χ4n) is 1.87. The van der Waals surface area contributed by atoms with Crippen LogP contribution < -0.4 is 11.1 Å². The van der Waals surface area contributed by atoms with Crippen LogP contribution in [0.1, 0.15) is 19.4 Å². The van der Waals surface area contributed by atoms with Crippen molar-refractivity contribution in [3.63, 3.8) is 0 Å². The van der Waals surface area contributed by atoms with E-state index in [1.807, 2.05) is 26.2 Å². The number of hydrogen-bond donors (Lipinski definition) is 2. The van der Waals surface area contributed by atoms with Crippen LogP contribution in [0.2, 0.25) is 0 Å². The average molecular weight is 308 g/mol. The normalized spacial score (nSPS) is 13.4. The molecule has 2 rings (SSSR count). The molecule has 1 atom stereocenters. The van der Waals surface area contributed by atoms with E-state index in [1.165, 1.54) is 10.1 Å². The van der Waals surface area contributed by atoms with Gasteiger partial charge in [0.1, 0.15) is 0 Å². The number of fused-ring (bicyclic) bond motifs is 1. The summed E-state index contributed by atoms with van der Waals surface area (Å²) in [5, 5.41) is 6.21. The van der Waals surface area contributed by atoms with E-state index < -0.39 is 6.04 Å². The maximum Gasteiger partial charge on any atom is 0.238 e. The lowest BCUT2D eigenvalue weighted by Crippen LogP contribution is -2.51. The van der Waals surface area contributed by atoms with Crippen LogP contribution in [0.4, 0.5) is 0 Å². The maximum absolute atomic E-state index is 12.1. The monoisotopic (exact) mass is 308 g/mol. The van der Waals surface area contributed by atoms with E-state index in [1.54, 1.807) is 23.1 Å². The first-order valence-corrected chi connectivity index (χ1v) is 8.59. The first-order valence-electron chi connectivity index (χ1n) is 6.48. The molecule has 0 radical (unpaired) electrons. The van der Waals surface area contributed by atoms with Crippen LogP contribution >= 0.6 is 23.1 Å². The van der Waals surface area contributed by atoms with Gasteiger partial charge in [-0.15, -0.1) is 11.3 Å². The number of carbonyl (C=O) groups is 1. The van der Waals surface area contributed by atoms with Gasteiger partial charge in [0, 0.05) is 16.0 Å². The number of benzene rings is 1. The Morgan fingerprint density at radius 3 is 2.90 bits per heavy atom. The van der Waals surface area contributed by atoms with E-state index in [0.29, 0.717) is 6.54 Å². The summed E-state index contributed by atoms with van der Waals surface area (Å²) in [4.78, 5) is 12.1. The maximum atomic E-state index is 12.1. The van der Waals surface area contributed by atoms with Crippen molar-refractivity contribution < 1.29 is 4.79 Å². The van der Waals surface area contributed by atoms with Gasteiger partial charge >= 0.3 is 0 Å². The molecule has 5 heteroatoms. The molecule has 0 aliphatic rings. The summed E-state index contributed by atoms with van der Waals surface area (Å²) in [6.45, 7) is 4.49. The van der Waals surface area contributed by atoms with Gasteiger partial charge in [0.2, 0.25) is 5.91 Å². The predicted octanol–water partition coefficient (Wildman–Crippen LogP) is 2.99. The SMILES string of the molecule is CSC(C)(C)[C@H](N)C(=O)NCc1ccc2sccc2c1. The Morgan fingerprint density at radius 1 is 1.45 bits per heavy atom. The minimum atomic E-state index is -0.512. The topological polar surface area (TPSA) is 55.1 Å². The number of amides is 1. The van der Waals surface area contributed by atoms with Crippen molar-refractivity contribution in [3.05, 3.63) is 35.2 Å². The summed E-state index contributed by atoms with van der Waals surface area (Å²) >= 11 is 3.33. The van der Waals surface area contributed by atoms with E-state index in [2.05, 4.69) is 28.9 Å². The molecule has 0 unspecified atom stereocenters. The zero-order valence-corrected chi connectivity index (χ0v) is 13.6. The molecule has 0 spiro atoms. The first-order chi connectivity index (χ1) is 9.44. The molecule has 0 bridgehead atoms. The fourth-order valence-corrected chi connectivity index (χ4v) is 3.00. The van der Waals surface area contributed by atoms with Crippen LogP contribution in [0.5, 0.6) is 0 Å². The molecule has 1 heterocycles. The molecule has 108 valence electrons. The number of nitrogens with one attached hydrogen (secondary N) is 1. The minimum absolute atomic E-state index is 0.102. The Morgan fingerprint density at radius 2 is 2.20 bits per heavy atom. The van der Waals surface area contributed by atoms with Crippen molar-refractivity contribution in [2.45, 2.75) is 31.2 Å². The molecule has 0 aliphatic heterocycles. The molecular formula is C15H20N2OS2. The first kappa shape index (κ1) is 15.4. The Hall–Kier alpha value is -1.04. The third-order valence-electron chi connectivity index (χ3n) is 3.54. The highest BCUT2D eigenvalue weighted by Crippen LogP contribution is 2.24. The van der Waals surface area contributed by atoms with Crippen LogP contribution in [-0.4, -0.2) is 23.0 Å². The van der Waals surface area contributed by atoms with E-state index >= 15 is 0 Å². The summed E-state index contributed by atoms with van der Waals surface area (Å²) in [5.41, 5.74) is 7.11. The smallest absolute Gasteiger partial charge is 0.238 e. The largest absolute Gasteiger partial charge is 0.351 e. The highest BCUT2D eigenvalue weighted by Gasteiger charge is 2.30. The van der Waals surface area contributed by atoms with Crippen molar-refractivity contribution in [1.29, 1.82) is 0 Å². The summed E-state index contributed by atoms with van der Waals surface area (Å²) in [7, 11) is 0. The summed E-state index contributed by atoms with van der Waals surface area (Å²) in [5.74, 6) is -0.102. The Balaban J connectivity index is 1.99. The molecule has 20 heavy (non-hydrogen) atoms. The fraction of sp³-hybridized carbons (Fsp3) is 0.400. The second-order valence-electron chi connectivity index (χ2n) is 5.30. The number of nitrogens with two attached hydrogens (primary N) is 1. The highest BCUT2D eigenvalue weighted by atomic mass is 32.2. The van der Waals surface area contributed by atoms with Crippen LogP contribution in [-0.2, 0) is 11.3 Å². The van der Waals surface area contributed by atoms with Crippen molar-refractivity contribution in [2.24, 2.45) is 5.73 Å². The zero-order chi connectivity index (χ0) is 14.8. The second kappa shape index (κ2) is 6.16. The minimum Gasteiger partial charge on any atom is -0.351 e. The average Bonchev–Trinajstić information content (AvgIpc) is 2.91. The molecule has 3 nitrogen and oxygen atoms in total. The van der Waals surface area contributed by atoms with Crippen molar-refractivity contribution >= 4 is 39.1 Å². The van der Waals surface area contributed by atoms with Crippen molar-refractivity contribution in [1.82, 2.24) is 5.32 Å². The van der Waals surface area contributed by atoms with E-state index in [0.717, 1.165) is 5.56 Å². The Bertz CT molecular complexity index is 607. The molecule has 1 amide bonds. The van der Waals surface area contributed by atoms with E-state index in [4.69, 9.17) is 5.73 Å². The number of thiophene rings is 1. The molecule has 0 fully saturated rings. The van der Waals surface area contributed by atoms with Crippen molar-refractivity contribution in [2.75, 3.05) is 6.26 Å². The van der Waals surface area contributed by atoms with Gasteiger partial charge in [-0.2, -0.15) is 11.8 Å². The molecular weight excluding hydrogens is 288 g/mol. The zero-order valence-electron chi connectivity index (χ0n) is 12.0. The molecule has 0 aliphatic carbocycles.